The number of ether oxygens (including phenoxy) is 1. The van der Waals surface area contributed by atoms with Crippen LogP contribution >= 0.6 is 0 Å². The number of fused-ring (bicyclic) bond motifs is 1. The van der Waals surface area contributed by atoms with E-state index < -0.39 is 46.6 Å². The van der Waals surface area contributed by atoms with Crippen molar-refractivity contribution in [2.45, 2.75) is 12.8 Å². The van der Waals surface area contributed by atoms with Crippen LogP contribution in [0.2, 0.25) is 0 Å². The number of benzene rings is 2. The highest BCUT2D eigenvalue weighted by molar-refractivity contribution is 5.95. The maximum Gasteiger partial charge on any atom is 0.338 e. The number of hydrogen-bond donors (Lipinski definition) is 1. The first-order valence-corrected chi connectivity index (χ1v) is 8.28. The summed E-state index contributed by atoms with van der Waals surface area (Å²) >= 11 is 0. The second-order valence-corrected chi connectivity index (χ2v) is 5.97. The van der Waals surface area contributed by atoms with Crippen LogP contribution < -0.4 is 0 Å². The summed E-state index contributed by atoms with van der Waals surface area (Å²) in [5.41, 5.74) is 0.379. The number of aromatic amines is 1. The van der Waals surface area contributed by atoms with Crippen LogP contribution in [-0.2, 0) is 20.7 Å². The van der Waals surface area contributed by atoms with E-state index >= 15 is 0 Å². The molecular weight excluding hydrogens is 397 g/mol. The Kier molecular flexibility index (Phi) is 5.76. The molecule has 0 amide bonds. The zero-order chi connectivity index (χ0) is 21.1. The van der Waals surface area contributed by atoms with E-state index in [1.165, 1.54) is 0 Å². The summed E-state index contributed by atoms with van der Waals surface area (Å²) in [5, 5.41) is 0.901. The third kappa shape index (κ3) is 4.18. The lowest BCUT2D eigenvalue weighted by Gasteiger charge is -2.04. The van der Waals surface area contributed by atoms with Crippen LogP contribution in [0, 0.1) is 29.1 Å². The Labute approximate surface area is 160 Å². The SMILES string of the molecule is O=C(/C=C/c1c(F)c(F)c(F)c(F)c1F)OC(=O)CCc1c[nH]c2ccccc12. The van der Waals surface area contributed by atoms with Gasteiger partial charge in [-0.2, -0.15) is 0 Å². The third-order valence-corrected chi connectivity index (χ3v) is 4.12. The van der Waals surface area contributed by atoms with Gasteiger partial charge >= 0.3 is 11.9 Å². The summed E-state index contributed by atoms with van der Waals surface area (Å²) in [4.78, 5) is 26.4. The number of nitrogens with one attached hydrogen (secondary N) is 1. The average molecular weight is 409 g/mol. The summed E-state index contributed by atoms with van der Waals surface area (Å²) < 4.78 is 70.7. The molecule has 0 aliphatic heterocycles. The van der Waals surface area contributed by atoms with Gasteiger partial charge in [-0.15, -0.1) is 0 Å². The second kappa shape index (κ2) is 8.26. The van der Waals surface area contributed by atoms with Crippen molar-refractivity contribution in [1.29, 1.82) is 0 Å². The van der Waals surface area contributed by atoms with Crippen LogP contribution in [0.5, 0.6) is 0 Å². The first kappa shape index (κ1) is 20.2. The second-order valence-electron chi connectivity index (χ2n) is 5.97. The van der Waals surface area contributed by atoms with Crippen LogP contribution in [-0.4, -0.2) is 16.9 Å². The Morgan fingerprint density at radius 3 is 2.24 bits per heavy atom. The van der Waals surface area contributed by atoms with Crippen LogP contribution in [0.25, 0.3) is 17.0 Å². The van der Waals surface area contributed by atoms with Gasteiger partial charge in [-0.1, -0.05) is 18.2 Å². The molecule has 9 heteroatoms. The normalized spacial score (nSPS) is 11.3. The van der Waals surface area contributed by atoms with Crippen LogP contribution in [0.3, 0.4) is 0 Å². The van der Waals surface area contributed by atoms with Crippen molar-refractivity contribution in [2.24, 2.45) is 0 Å². The lowest BCUT2D eigenvalue weighted by Crippen LogP contribution is -2.11. The smallest absolute Gasteiger partial charge is 0.338 e. The fourth-order valence-electron chi connectivity index (χ4n) is 2.69. The van der Waals surface area contributed by atoms with Crippen molar-refractivity contribution < 1.29 is 36.3 Å². The topological polar surface area (TPSA) is 59.2 Å². The van der Waals surface area contributed by atoms with Crippen LogP contribution in [0.4, 0.5) is 22.0 Å². The molecule has 4 nitrogen and oxygen atoms in total. The van der Waals surface area contributed by atoms with Gasteiger partial charge in [-0.3, -0.25) is 4.79 Å². The minimum Gasteiger partial charge on any atom is -0.390 e. The number of aryl methyl sites for hydroxylation is 1. The van der Waals surface area contributed by atoms with Gasteiger partial charge in [-0.05, 0) is 24.1 Å². The van der Waals surface area contributed by atoms with Crippen molar-refractivity contribution in [2.75, 3.05) is 0 Å². The van der Waals surface area contributed by atoms with E-state index in [1.54, 1.807) is 6.20 Å². The van der Waals surface area contributed by atoms with Crippen LogP contribution in [0.15, 0.2) is 36.5 Å². The van der Waals surface area contributed by atoms with Gasteiger partial charge in [-0.25, -0.2) is 26.7 Å². The Morgan fingerprint density at radius 2 is 1.55 bits per heavy atom. The first-order chi connectivity index (χ1) is 13.8. The molecule has 0 radical (unpaired) electrons. The fourth-order valence-corrected chi connectivity index (χ4v) is 2.69. The molecule has 1 aromatic heterocycles. The fraction of sp³-hybridized carbons (Fsp3) is 0.100. The molecule has 3 rings (SSSR count). The standard InChI is InChI=1S/C20H12F5NO3/c21-16-12(17(22)19(24)20(25)18(16)23)6-8-15(28)29-14(27)7-5-10-9-26-13-4-2-1-3-11(10)13/h1-4,6,8-9,26H,5,7H2/b8-6+. The minimum absolute atomic E-state index is 0.163. The van der Waals surface area contributed by atoms with E-state index in [9.17, 15) is 31.5 Å². The Hall–Kier alpha value is -3.49. The molecule has 1 heterocycles. The number of carbonyl (C=O) groups excluding carboxylic acids is 2. The molecule has 0 spiro atoms. The third-order valence-electron chi connectivity index (χ3n) is 4.12. The average Bonchev–Trinajstić information content (AvgIpc) is 3.12. The zero-order valence-electron chi connectivity index (χ0n) is 14.6. The number of H-pyrrole nitrogens is 1. The number of carbonyl (C=O) groups is 2. The van der Waals surface area contributed by atoms with Crippen molar-refractivity contribution in [3.8, 4) is 0 Å². The maximum atomic E-state index is 13.5. The number of aromatic nitrogens is 1. The van der Waals surface area contributed by atoms with Crippen LogP contribution in [0.1, 0.15) is 17.5 Å². The molecule has 1 N–H and O–H groups in total. The van der Waals surface area contributed by atoms with Crippen molar-refractivity contribution in [1.82, 2.24) is 4.98 Å². The molecule has 3 aromatic rings. The largest absolute Gasteiger partial charge is 0.390 e. The van der Waals surface area contributed by atoms with Crippen molar-refractivity contribution in [3.63, 3.8) is 0 Å². The van der Waals surface area contributed by atoms with Gasteiger partial charge in [0.25, 0.3) is 0 Å². The summed E-state index contributed by atoms with van der Waals surface area (Å²) in [6.07, 6.45) is 2.57. The Balaban J connectivity index is 1.63. The first-order valence-electron chi connectivity index (χ1n) is 8.28. The lowest BCUT2D eigenvalue weighted by molar-refractivity contribution is -0.156. The minimum atomic E-state index is -2.31. The molecule has 0 atom stereocenters. The highest BCUT2D eigenvalue weighted by atomic mass is 19.2. The van der Waals surface area contributed by atoms with E-state index in [1.807, 2.05) is 24.3 Å². The molecule has 0 unspecified atom stereocenters. The van der Waals surface area contributed by atoms with E-state index in [4.69, 9.17) is 0 Å². The van der Waals surface area contributed by atoms with Gasteiger partial charge < -0.3 is 9.72 Å². The number of para-hydroxylation sites is 1. The predicted octanol–water partition coefficient (Wildman–Crippen LogP) is 4.58. The van der Waals surface area contributed by atoms with E-state index in [0.717, 1.165) is 16.5 Å². The predicted molar refractivity (Wildman–Crippen MR) is 93.0 cm³/mol. The lowest BCUT2D eigenvalue weighted by atomic mass is 10.1. The highest BCUT2D eigenvalue weighted by Gasteiger charge is 2.24. The molecule has 0 bridgehead atoms. The van der Waals surface area contributed by atoms with Gasteiger partial charge in [0.1, 0.15) is 0 Å². The Morgan fingerprint density at radius 1 is 0.931 bits per heavy atom. The van der Waals surface area contributed by atoms with Gasteiger partial charge in [0.15, 0.2) is 23.3 Å². The highest BCUT2D eigenvalue weighted by Crippen LogP contribution is 2.24. The number of rotatable bonds is 5. The summed E-state index contributed by atoms with van der Waals surface area (Å²) in [6, 6.07) is 7.37. The summed E-state index contributed by atoms with van der Waals surface area (Å²) in [5.74, 6) is -13.0. The monoisotopic (exact) mass is 409 g/mol. The number of hydrogen-bond acceptors (Lipinski definition) is 3. The molecule has 0 aliphatic rings. The number of halogens is 5. The van der Waals surface area contributed by atoms with E-state index in [2.05, 4.69) is 9.72 Å². The van der Waals surface area contributed by atoms with Gasteiger partial charge in [0, 0.05) is 23.2 Å². The molecule has 2 aromatic carbocycles. The van der Waals surface area contributed by atoms with Gasteiger partial charge in [0.2, 0.25) is 5.82 Å². The molecule has 0 saturated carbocycles. The number of esters is 2. The van der Waals surface area contributed by atoms with E-state index in [-0.39, 0.29) is 12.8 Å². The molecule has 29 heavy (non-hydrogen) atoms. The van der Waals surface area contributed by atoms with Crippen molar-refractivity contribution in [3.05, 3.63) is 76.8 Å². The van der Waals surface area contributed by atoms with Crippen molar-refractivity contribution >= 4 is 28.9 Å². The maximum absolute atomic E-state index is 13.5. The van der Waals surface area contributed by atoms with E-state index in [0.29, 0.717) is 12.2 Å². The molecular formula is C20H12F5NO3. The quantitative estimate of drug-likeness (QED) is 0.168. The summed E-state index contributed by atoms with van der Waals surface area (Å²) in [6.45, 7) is 0. The zero-order valence-corrected chi connectivity index (χ0v) is 14.6. The molecule has 0 aliphatic carbocycles. The summed E-state index contributed by atoms with van der Waals surface area (Å²) in [7, 11) is 0. The molecule has 0 fully saturated rings. The molecule has 150 valence electrons. The molecule has 0 saturated heterocycles. The Bertz CT molecular complexity index is 1110. The van der Waals surface area contributed by atoms with Gasteiger partial charge in [0.05, 0.1) is 12.0 Å².